The molecule has 0 saturated heterocycles. The fraction of sp³-hybridized carbons (Fsp3) is 0.136. The molecule has 0 saturated carbocycles. The summed E-state index contributed by atoms with van der Waals surface area (Å²) < 4.78 is 0. The van der Waals surface area contributed by atoms with E-state index in [4.69, 9.17) is 15.1 Å². The predicted octanol–water partition coefficient (Wildman–Crippen LogP) is 0.587. The molecule has 0 spiro atoms. The predicted molar refractivity (Wildman–Crippen MR) is 106 cm³/mol. The average molecular weight is 354 g/mol. The van der Waals surface area contributed by atoms with Crippen LogP contribution in [0.1, 0.15) is 29.5 Å². The van der Waals surface area contributed by atoms with Gasteiger partial charge in [-0.2, -0.15) is 6.42 Å². The van der Waals surface area contributed by atoms with Gasteiger partial charge in [0.05, 0.1) is 0 Å². The molecule has 3 aromatic rings. The molecule has 0 radical (unpaired) electrons. The molecule has 0 unspecified atom stereocenters. The Labute approximate surface area is 174 Å². The molecule has 27 heavy (non-hydrogen) atoms. The van der Waals surface area contributed by atoms with Crippen LogP contribution in [0.25, 0.3) is 0 Å². The minimum absolute atomic E-state index is 0. The summed E-state index contributed by atoms with van der Waals surface area (Å²) >= 11 is 0. The topological polar surface area (TPSA) is 60.7 Å². The van der Waals surface area contributed by atoms with Crippen molar-refractivity contribution in [2.45, 2.75) is 18.3 Å². The molecule has 0 aliphatic heterocycles. The quantitative estimate of drug-likeness (QED) is 0.357. The second-order valence-corrected chi connectivity index (χ2v) is 5.95. The molecule has 134 valence electrons. The van der Waals surface area contributed by atoms with Crippen molar-refractivity contribution in [2.75, 3.05) is 0 Å². The summed E-state index contributed by atoms with van der Waals surface area (Å²) in [5, 5.41) is 21.5. The molecule has 0 heterocycles. The number of benzene rings is 3. The van der Waals surface area contributed by atoms with E-state index in [2.05, 4.69) is 97.9 Å². The van der Waals surface area contributed by atoms with Gasteiger partial charge in [-0.05, 0) is 16.7 Å². The second-order valence-electron chi connectivity index (χ2n) is 5.95. The number of hydrogen-bond acceptors (Lipinski definition) is 3. The Morgan fingerprint density at radius 3 is 1.11 bits per heavy atom. The first kappa shape index (κ1) is 23.2. The van der Waals surface area contributed by atoms with Crippen LogP contribution in [0.2, 0.25) is 0 Å². The van der Waals surface area contributed by atoms with E-state index < -0.39 is 7.32 Å². The van der Waals surface area contributed by atoms with Gasteiger partial charge >= 0.3 is 26.2 Å². The van der Waals surface area contributed by atoms with Gasteiger partial charge in [-0.1, -0.05) is 97.4 Å². The maximum absolute atomic E-state index is 7.17. The largest absolute Gasteiger partial charge is 1.00 e. The fourth-order valence-electron chi connectivity index (χ4n) is 3.37. The molecule has 0 aliphatic carbocycles. The summed E-state index contributed by atoms with van der Waals surface area (Å²) in [5.41, 5.74) is 3.86. The van der Waals surface area contributed by atoms with Crippen LogP contribution in [0.4, 0.5) is 0 Å². The second kappa shape index (κ2) is 11.8. The van der Waals surface area contributed by atoms with Gasteiger partial charge < -0.3 is 22.0 Å². The van der Waals surface area contributed by atoms with Crippen LogP contribution in [0.15, 0.2) is 91.0 Å². The standard InChI is InChI=1S/C22H21.BH3O3.Li/c1-2-18-22(19-12-6-3-7-13-19,20-14-8-4-9-15-20)21-16-10-5-11-17-21;2-1(3)4;/h3-17H,1-2,18H2;2-4H;/q-1;;+1. The van der Waals surface area contributed by atoms with Gasteiger partial charge in [0.25, 0.3) is 0 Å². The van der Waals surface area contributed by atoms with Crippen molar-refractivity contribution in [1.29, 1.82) is 0 Å². The zero-order valence-electron chi connectivity index (χ0n) is 15.7. The van der Waals surface area contributed by atoms with Gasteiger partial charge in [0, 0.05) is 5.41 Å². The third kappa shape index (κ3) is 6.11. The van der Waals surface area contributed by atoms with E-state index in [1.807, 2.05) is 0 Å². The zero-order chi connectivity index (χ0) is 18.8. The van der Waals surface area contributed by atoms with Crippen molar-refractivity contribution >= 4 is 7.32 Å². The monoisotopic (exact) mass is 354 g/mol. The van der Waals surface area contributed by atoms with E-state index in [1.165, 1.54) is 16.7 Å². The van der Waals surface area contributed by atoms with Crippen LogP contribution in [0.3, 0.4) is 0 Å². The Morgan fingerprint density at radius 1 is 0.630 bits per heavy atom. The minimum atomic E-state index is -2.17. The van der Waals surface area contributed by atoms with Crippen LogP contribution in [0.5, 0.6) is 0 Å². The number of rotatable bonds is 5. The Morgan fingerprint density at radius 2 is 0.889 bits per heavy atom. The molecule has 0 aromatic heterocycles. The summed E-state index contributed by atoms with van der Waals surface area (Å²) in [7, 11) is -2.17. The van der Waals surface area contributed by atoms with E-state index in [9.17, 15) is 0 Å². The maximum atomic E-state index is 7.17. The maximum Gasteiger partial charge on any atom is 1.00 e. The summed E-state index contributed by atoms with van der Waals surface area (Å²) in [6, 6.07) is 32.4. The summed E-state index contributed by atoms with van der Waals surface area (Å²) in [6.45, 7) is 4.15. The summed E-state index contributed by atoms with van der Waals surface area (Å²) in [6.07, 6.45) is 1.88. The van der Waals surface area contributed by atoms with Crippen molar-refractivity contribution in [3.63, 3.8) is 0 Å². The zero-order valence-corrected chi connectivity index (χ0v) is 15.7. The van der Waals surface area contributed by atoms with Crippen LogP contribution >= 0.6 is 0 Å². The Hall–Kier alpha value is -1.80. The van der Waals surface area contributed by atoms with E-state index in [0.29, 0.717) is 0 Å². The molecule has 0 atom stereocenters. The Kier molecular flexibility index (Phi) is 10.2. The molecule has 0 fully saturated rings. The van der Waals surface area contributed by atoms with Crippen LogP contribution in [-0.4, -0.2) is 22.4 Å². The Bertz CT molecular complexity index is 653. The summed E-state index contributed by atoms with van der Waals surface area (Å²) in [4.78, 5) is 0. The first-order valence-electron chi connectivity index (χ1n) is 8.61. The van der Waals surface area contributed by atoms with Crippen molar-refractivity contribution in [2.24, 2.45) is 0 Å². The average Bonchev–Trinajstić information content (AvgIpc) is 2.68. The molecule has 3 N–H and O–H groups in total. The third-order valence-corrected chi connectivity index (χ3v) is 4.35. The fourth-order valence-corrected chi connectivity index (χ4v) is 3.37. The Balaban J connectivity index is 0.000000666. The minimum Gasteiger partial charge on any atom is -0.402 e. The van der Waals surface area contributed by atoms with Crippen molar-refractivity contribution in [3.8, 4) is 0 Å². The molecular weight excluding hydrogens is 330 g/mol. The van der Waals surface area contributed by atoms with Gasteiger partial charge in [0.1, 0.15) is 0 Å². The van der Waals surface area contributed by atoms with E-state index in [0.717, 1.165) is 12.8 Å². The first-order chi connectivity index (χ1) is 12.6. The molecule has 3 aromatic carbocycles. The van der Waals surface area contributed by atoms with Crippen molar-refractivity contribution in [3.05, 3.63) is 115 Å². The molecule has 0 bridgehead atoms. The van der Waals surface area contributed by atoms with E-state index in [1.54, 1.807) is 0 Å². The SMILES string of the molecule is OB(O)O.[CH2-]CCC(c1ccccc1)(c1ccccc1)c1ccccc1.[Li+]. The van der Waals surface area contributed by atoms with Crippen molar-refractivity contribution in [1.82, 2.24) is 0 Å². The van der Waals surface area contributed by atoms with Gasteiger partial charge in [0.15, 0.2) is 0 Å². The van der Waals surface area contributed by atoms with Crippen LogP contribution < -0.4 is 18.9 Å². The van der Waals surface area contributed by atoms with Gasteiger partial charge in [0.2, 0.25) is 0 Å². The van der Waals surface area contributed by atoms with Crippen LogP contribution in [-0.2, 0) is 5.41 Å². The molecule has 3 rings (SSSR count). The molecule has 3 nitrogen and oxygen atoms in total. The molecular formula is C22H24BLiO3. The third-order valence-electron chi connectivity index (χ3n) is 4.35. The molecule has 0 amide bonds. The van der Waals surface area contributed by atoms with E-state index in [-0.39, 0.29) is 24.3 Å². The molecule has 5 heteroatoms. The van der Waals surface area contributed by atoms with Gasteiger partial charge in [-0.3, -0.25) is 0 Å². The number of hydrogen-bond donors (Lipinski definition) is 3. The smallest absolute Gasteiger partial charge is 0.402 e. The van der Waals surface area contributed by atoms with E-state index >= 15 is 0 Å². The van der Waals surface area contributed by atoms with Gasteiger partial charge in [-0.25, -0.2) is 0 Å². The van der Waals surface area contributed by atoms with Gasteiger partial charge in [-0.15, -0.1) is 0 Å². The first-order valence-corrected chi connectivity index (χ1v) is 8.61. The van der Waals surface area contributed by atoms with Crippen molar-refractivity contribution < 1.29 is 33.9 Å². The normalized spacial score (nSPS) is 10.2. The molecule has 0 aliphatic rings. The summed E-state index contributed by atoms with van der Waals surface area (Å²) in [5.74, 6) is 0. The van der Waals surface area contributed by atoms with Crippen LogP contribution in [0, 0.1) is 6.92 Å².